The van der Waals surface area contributed by atoms with Gasteiger partial charge < -0.3 is 15.0 Å². The molecule has 0 atom stereocenters. The van der Waals surface area contributed by atoms with Crippen LogP contribution in [0.25, 0.3) is 0 Å². The number of rotatable bonds is 10. The molecule has 0 radical (unpaired) electrons. The number of ether oxygens (including phenoxy) is 1. The lowest BCUT2D eigenvalue weighted by molar-refractivity contribution is -0.129. The molecule has 2 aromatic rings. The maximum Gasteiger partial charge on any atom is 0.228 e. The summed E-state index contributed by atoms with van der Waals surface area (Å²) in [6, 6.07) is 6.34. The Hall–Kier alpha value is -2.46. The van der Waals surface area contributed by atoms with E-state index in [1.807, 2.05) is 0 Å². The monoisotopic (exact) mass is 453 g/mol. The van der Waals surface area contributed by atoms with Crippen LogP contribution in [0.4, 0.5) is 5.13 Å². The van der Waals surface area contributed by atoms with Crippen LogP contribution < -0.4 is 10.1 Å². The third kappa shape index (κ3) is 7.42. The molecule has 2 rings (SSSR count). The van der Waals surface area contributed by atoms with Crippen molar-refractivity contribution in [2.24, 2.45) is 5.92 Å². The summed E-state index contributed by atoms with van der Waals surface area (Å²) in [5.74, 6) is 0.147. The molecular formula is C20H27N3O5S2. The first-order chi connectivity index (χ1) is 14.1. The second kappa shape index (κ2) is 10.5. The molecule has 0 saturated carbocycles. The molecule has 0 bridgehead atoms. The molecular weight excluding hydrogens is 426 g/mol. The van der Waals surface area contributed by atoms with E-state index in [1.165, 1.54) is 23.5 Å². The number of hydrogen-bond donors (Lipinski definition) is 1. The van der Waals surface area contributed by atoms with Crippen LogP contribution in [0.3, 0.4) is 0 Å². The van der Waals surface area contributed by atoms with Gasteiger partial charge in [-0.2, -0.15) is 0 Å². The summed E-state index contributed by atoms with van der Waals surface area (Å²) in [4.78, 5) is 30.2. The number of thiazole rings is 1. The Bertz CT molecular complexity index is 986. The first-order valence-corrected chi connectivity index (χ1v) is 12.3. The highest BCUT2D eigenvalue weighted by Crippen LogP contribution is 2.18. The average Bonchev–Trinajstić information content (AvgIpc) is 3.11. The van der Waals surface area contributed by atoms with Crippen molar-refractivity contribution in [2.45, 2.75) is 31.6 Å². The van der Waals surface area contributed by atoms with Crippen LogP contribution in [0, 0.1) is 5.92 Å². The predicted molar refractivity (Wildman–Crippen MR) is 117 cm³/mol. The maximum atomic E-state index is 12.4. The van der Waals surface area contributed by atoms with E-state index in [9.17, 15) is 18.0 Å². The Labute approximate surface area is 181 Å². The molecule has 8 nitrogen and oxygen atoms in total. The van der Waals surface area contributed by atoms with Gasteiger partial charge in [0.15, 0.2) is 15.0 Å². The number of anilines is 1. The molecule has 1 aromatic heterocycles. The number of benzene rings is 1. The van der Waals surface area contributed by atoms with Gasteiger partial charge in [0.1, 0.15) is 5.75 Å². The fraction of sp³-hybridized carbons (Fsp3) is 0.450. The van der Waals surface area contributed by atoms with Crippen molar-refractivity contribution in [3.63, 3.8) is 0 Å². The summed E-state index contributed by atoms with van der Waals surface area (Å²) < 4.78 is 28.8. The Morgan fingerprint density at radius 1 is 1.30 bits per heavy atom. The van der Waals surface area contributed by atoms with Crippen molar-refractivity contribution in [1.82, 2.24) is 9.88 Å². The number of carbonyl (C=O) groups is 2. The number of aromatic nitrogens is 1. The Kier molecular flexibility index (Phi) is 8.36. The predicted octanol–water partition coefficient (Wildman–Crippen LogP) is 2.61. The third-order valence-electron chi connectivity index (χ3n) is 4.20. The van der Waals surface area contributed by atoms with Crippen LogP contribution in [0.1, 0.15) is 26.0 Å². The molecule has 1 N–H and O–H groups in total. The molecule has 164 valence electrons. The topological polar surface area (TPSA) is 106 Å². The fourth-order valence-corrected chi connectivity index (χ4v) is 3.77. The molecule has 0 unspecified atom stereocenters. The molecule has 0 fully saturated rings. The SMILES string of the molecule is CC(C)C(=O)Nc1nc(CC(=O)N(C)CCCOc2cccc(S(C)(=O)=O)c2)cs1. The number of nitrogens with zero attached hydrogens (tertiary/aromatic N) is 2. The number of carbonyl (C=O) groups excluding carboxylic acids is 2. The van der Waals surface area contributed by atoms with Crippen molar-refractivity contribution in [3.8, 4) is 5.75 Å². The van der Waals surface area contributed by atoms with E-state index in [4.69, 9.17) is 4.74 Å². The number of nitrogens with one attached hydrogen (secondary N) is 1. The van der Waals surface area contributed by atoms with Gasteiger partial charge in [-0.25, -0.2) is 13.4 Å². The summed E-state index contributed by atoms with van der Waals surface area (Å²) in [6.07, 6.45) is 1.90. The summed E-state index contributed by atoms with van der Waals surface area (Å²) in [6.45, 7) is 4.45. The zero-order valence-corrected chi connectivity index (χ0v) is 19.2. The van der Waals surface area contributed by atoms with Crippen LogP contribution in [-0.2, 0) is 25.8 Å². The van der Waals surface area contributed by atoms with Crippen LogP contribution in [-0.4, -0.2) is 56.6 Å². The zero-order valence-electron chi connectivity index (χ0n) is 17.5. The number of amides is 2. The van der Waals surface area contributed by atoms with Gasteiger partial charge in [-0.1, -0.05) is 19.9 Å². The number of hydrogen-bond acceptors (Lipinski definition) is 7. The van der Waals surface area contributed by atoms with Crippen molar-refractivity contribution in [1.29, 1.82) is 0 Å². The first-order valence-electron chi connectivity index (χ1n) is 9.48. The van der Waals surface area contributed by atoms with Gasteiger partial charge in [0.2, 0.25) is 11.8 Å². The smallest absolute Gasteiger partial charge is 0.228 e. The lowest BCUT2D eigenvalue weighted by Gasteiger charge is -2.17. The third-order valence-corrected chi connectivity index (χ3v) is 6.12. The minimum Gasteiger partial charge on any atom is -0.493 e. The molecule has 0 spiro atoms. The Balaban J connectivity index is 1.76. The van der Waals surface area contributed by atoms with Gasteiger partial charge in [-0.3, -0.25) is 9.59 Å². The lowest BCUT2D eigenvalue weighted by Crippen LogP contribution is -2.30. The van der Waals surface area contributed by atoms with Crippen LogP contribution in [0.15, 0.2) is 34.5 Å². The van der Waals surface area contributed by atoms with Gasteiger partial charge in [-0.05, 0) is 24.6 Å². The van der Waals surface area contributed by atoms with E-state index in [2.05, 4.69) is 10.3 Å². The minimum absolute atomic E-state index is 0.0823. The number of sulfone groups is 1. The van der Waals surface area contributed by atoms with Crippen LogP contribution in [0.2, 0.25) is 0 Å². The van der Waals surface area contributed by atoms with Gasteiger partial charge in [-0.15, -0.1) is 11.3 Å². The molecule has 0 aliphatic carbocycles. The second-order valence-corrected chi connectivity index (χ2v) is 10.1. The average molecular weight is 454 g/mol. The van der Waals surface area contributed by atoms with Gasteiger partial charge in [0, 0.05) is 31.1 Å². The molecule has 30 heavy (non-hydrogen) atoms. The summed E-state index contributed by atoms with van der Waals surface area (Å²) in [5.41, 5.74) is 0.616. The molecule has 0 aliphatic rings. The van der Waals surface area contributed by atoms with Crippen molar-refractivity contribution >= 4 is 38.1 Å². The van der Waals surface area contributed by atoms with E-state index >= 15 is 0 Å². The highest BCUT2D eigenvalue weighted by atomic mass is 32.2. The normalized spacial score (nSPS) is 11.4. The van der Waals surface area contributed by atoms with E-state index in [0.717, 1.165) is 6.26 Å². The second-order valence-electron chi connectivity index (χ2n) is 7.23. The number of likely N-dealkylation sites (N-methyl/N-ethyl adjacent to an activating group) is 1. The Morgan fingerprint density at radius 3 is 2.70 bits per heavy atom. The largest absolute Gasteiger partial charge is 0.493 e. The van der Waals surface area contributed by atoms with E-state index < -0.39 is 9.84 Å². The molecule has 10 heteroatoms. The van der Waals surface area contributed by atoms with Crippen LogP contribution in [0.5, 0.6) is 5.75 Å². The molecule has 2 amide bonds. The van der Waals surface area contributed by atoms with E-state index in [-0.39, 0.29) is 29.0 Å². The zero-order chi connectivity index (χ0) is 22.3. The lowest BCUT2D eigenvalue weighted by atomic mass is 10.2. The molecule has 1 heterocycles. The molecule has 0 aliphatic heterocycles. The van der Waals surface area contributed by atoms with Crippen molar-refractivity contribution in [3.05, 3.63) is 35.3 Å². The van der Waals surface area contributed by atoms with Crippen LogP contribution >= 0.6 is 11.3 Å². The maximum absolute atomic E-state index is 12.4. The Morgan fingerprint density at radius 2 is 2.03 bits per heavy atom. The quantitative estimate of drug-likeness (QED) is 0.555. The highest BCUT2D eigenvalue weighted by Gasteiger charge is 2.14. The summed E-state index contributed by atoms with van der Waals surface area (Å²) in [5, 5.41) is 4.98. The van der Waals surface area contributed by atoms with Crippen molar-refractivity contribution < 1.29 is 22.7 Å². The molecule has 0 saturated heterocycles. The highest BCUT2D eigenvalue weighted by molar-refractivity contribution is 7.90. The standard InChI is InChI=1S/C20H27N3O5S2/c1-14(2)19(25)22-20-21-15(13-29-20)11-18(24)23(3)9-6-10-28-16-7-5-8-17(12-16)30(4,26)27/h5,7-8,12-14H,6,9-11H2,1-4H3,(H,21,22,25). The first kappa shape index (κ1) is 23.8. The van der Waals surface area contributed by atoms with Gasteiger partial charge in [0.05, 0.1) is 23.6 Å². The van der Waals surface area contributed by atoms with E-state index in [1.54, 1.807) is 43.3 Å². The summed E-state index contributed by atoms with van der Waals surface area (Å²) >= 11 is 1.29. The minimum atomic E-state index is -3.28. The van der Waals surface area contributed by atoms with E-state index in [0.29, 0.717) is 36.1 Å². The van der Waals surface area contributed by atoms with Gasteiger partial charge >= 0.3 is 0 Å². The molecule has 1 aromatic carbocycles. The van der Waals surface area contributed by atoms with Gasteiger partial charge in [0.25, 0.3) is 0 Å². The van der Waals surface area contributed by atoms with Crippen molar-refractivity contribution in [2.75, 3.05) is 31.8 Å². The fourth-order valence-electron chi connectivity index (χ4n) is 2.40. The summed E-state index contributed by atoms with van der Waals surface area (Å²) in [7, 11) is -1.57.